The highest BCUT2D eigenvalue weighted by Crippen LogP contribution is 2.50. The lowest BCUT2D eigenvalue weighted by Crippen LogP contribution is -2.14. The van der Waals surface area contributed by atoms with Crippen LogP contribution in [-0.2, 0) is 5.41 Å². The van der Waals surface area contributed by atoms with Crippen molar-refractivity contribution in [3.8, 4) is 44.5 Å². The molecule has 1 nitrogen and oxygen atoms in total. The van der Waals surface area contributed by atoms with Gasteiger partial charge in [0.2, 0.25) is 0 Å². The molecule has 11 rings (SSSR count). The highest BCUT2D eigenvalue weighted by Gasteiger charge is 2.35. The van der Waals surface area contributed by atoms with E-state index in [1.807, 2.05) is 0 Å². The fraction of sp³-hybridized carbons (Fsp3) is 0.0588. The van der Waals surface area contributed by atoms with Crippen molar-refractivity contribution in [2.24, 2.45) is 0 Å². The number of benzene rings is 9. The van der Waals surface area contributed by atoms with Gasteiger partial charge in [0.15, 0.2) is 0 Å². The Kier molecular flexibility index (Phi) is 2.75. The minimum Gasteiger partial charge on any atom is -0.455 e. The third-order valence-corrected chi connectivity index (χ3v) is 9.50. The second kappa shape index (κ2) is 10.8. The summed E-state index contributed by atoms with van der Waals surface area (Å²) in [7, 11) is 0. The maximum Gasteiger partial charge on any atom is 0.143 e. The molecule has 52 heavy (non-hydrogen) atoms. The third-order valence-electron chi connectivity index (χ3n) is 9.50. The van der Waals surface area contributed by atoms with E-state index in [0.717, 1.165) is 6.07 Å². The topological polar surface area (TPSA) is 13.1 Å². The van der Waals surface area contributed by atoms with Crippen molar-refractivity contribution in [3.05, 3.63) is 180 Å². The summed E-state index contributed by atoms with van der Waals surface area (Å²) in [6, 6.07) is -20.5. The zero-order valence-electron chi connectivity index (χ0n) is 54.0. The molecule has 10 aromatic rings. The lowest BCUT2D eigenvalue weighted by molar-refractivity contribution is 0.660. The smallest absolute Gasteiger partial charge is 0.143 e. The van der Waals surface area contributed by atoms with E-state index >= 15 is 0 Å². The van der Waals surface area contributed by atoms with Gasteiger partial charge in [-0.1, -0.05) is 153 Å². The molecule has 0 saturated carbocycles. The average molecular weight is 690 g/mol. The Morgan fingerprint density at radius 3 is 1.79 bits per heavy atom. The van der Waals surface area contributed by atoms with Crippen LogP contribution in [0.25, 0.3) is 98.8 Å². The van der Waals surface area contributed by atoms with Crippen LogP contribution in [0.5, 0.6) is 0 Å². The first kappa shape index (κ1) is 13.3. The summed E-state index contributed by atoms with van der Waals surface area (Å²) in [5.41, 5.74) is -6.63. The fourth-order valence-corrected chi connectivity index (χ4v) is 7.09. The predicted molar refractivity (Wildman–Crippen MR) is 220 cm³/mol. The molecule has 0 radical (unpaired) electrons. The van der Waals surface area contributed by atoms with E-state index in [2.05, 4.69) is 0 Å². The van der Waals surface area contributed by atoms with Gasteiger partial charge in [-0.3, -0.25) is 0 Å². The molecule has 1 heteroatoms. The molecular formula is C51H34O. The molecule has 0 aliphatic heterocycles. The minimum absolute atomic E-state index is 0.0257. The van der Waals surface area contributed by atoms with Crippen molar-refractivity contribution in [2.75, 3.05) is 0 Å². The van der Waals surface area contributed by atoms with Gasteiger partial charge in [-0.25, -0.2) is 0 Å². The average Bonchev–Trinajstić information content (AvgIpc) is 2.72. The van der Waals surface area contributed by atoms with Crippen LogP contribution in [0.4, 0.5) is 0 Å². The van der Waals surface area contributed by atoms with E-state index in [1.54, 1.807) is 13.8 Å². The second-order valence-corrected chi connectivity index (χ2v) is 12.7. The number of hydrogen-bond donors (Lipinski definition) is 0. The van der Waals surface area contributed by atoms with Crippen LogP contribution in [0.15, 0.2) is 174 Å². The van der Waals surface area contributed by atoms with Gasteiger partial charge in [0, 0.05) is 21.6 Å². The normalized spacial score (nSPS) is 20.6. The van der Waals surface area contributed by atoms with Crippen molar-refractivity contribution >= 4 is 54.3 Å². The Bertz CT molecular complexity index is 4570. The Labute approximate surface area is 340 Å². The van der Waals surface area contributed by atoms with E-state index in [9.17, 15) is 17.8 Å². The van der Waals surface area contributed by atoms with E-state index in [0.29, 0.717) is 0 Å². The van der Waals surface area contributed by atoms with Gasteiger partial charge in [0.05, 0.1) is 37.0 Å². The van der Waals surface area contributed by atoms with E-state index in [1.165, 1.54) is 0 Å². The summed E-state index contributed by atoms with van der Waals surface area (Å²) < 4.78 is 253. The molecule has 0 fully saturated rings. The molecule has 0 saturated heterocycles. The van der Waals surface area contributed by atoms with Crippen LogP contribution in [0.2, 0.25) is 0 Å². The largest absolute Gasteiger partial charge is 0.455 e. The highest BCUT2D eigenvalue weighted by atomic mass is 16.3. The lowest BCUT2D eigenvalue weighted by atomic mass is 9.81. The molecule has 0 N–H and O–H groups in total. The van der Waals surface area contributed by atoms with Crippen molar-refractivity contribution in [1.29, 1.82) is 0 Å². The maximum atomic E-state index is 9.97. The van der Waals surface area contributed by atoms with Gasteiger partial charge >= 0.3 is 0 Å². The Balaban J connectivity index is 1.34. The van der Waals surface area contributed by atoms with Gasteiger partial charge < -0.3 is 4.42 Å². The Morgan fingerprint density at radius 1 is 0.423 bits per heavy atom. The van der Waals surface area contributed by atoms with Gasteiger partial charge in [-0.2, -0.15) is 0 Å². The molecule has 0 atom stereocenters. The third kappa shape index (κ3) is 4.11. The maximum absolute atomic E-state index is 9.97. The second-order valence-electron chi connectivity index (χ2n) is 12.7. The van der Waals surface area contributed by atoms with Crippen LogP contribution in [-0.4, -0.2) is 0 Å². The number of furan rings is 1. The van der Waals surface area contributed by atoms with Crippen LogP contribution in [0.3, 0.4) is 0 Å². The molecule has 0 unspecified atom stereocenters. The van der Waals surface area contributed by atoms with Crippen LogP contribution in [0.1, 0.15) is 62.0 Å². The lowest BCUT2D eigenvalue weighted by Gasteiger charge is -2.22. The molecule has 0 amide bonds. The Morgan fingerprint density at radius 2 is 1.04 bits per heavy atom. The summed E-state index contributed by atoms with van der Waals surface area (Å²) in [5.74, 6) is 0. The Hall–Kier alpha value is -6.44. The van der Waals surface area contributed by atoms with Crippen molar-refractivity contribution in [2.45, 2.75) is 19.3 Å². The molecule has 1 aliphatic carbocycles. The zero-order valence-corrected chi connectivity index (χ0v) is 27.0. The van der Waals surface area contributed by atoms with Gasteiger partial charge in [0.25, 0.3) is 0 Å². The summed E-state index contributed by atoms with van der Waals surface area (Å²) in [6.45, 7) is 3.09. The van der Waals surface area contributed by atoms with Gasteiger partial charge in [0.1, 0.15) is 11.2 Å². The number of rotatable bonds is 3. The number of fused-ring (bicyclic) bond motifs is 10. The van der Waals surface area contributed by atoms with Gasteiger partial charge in [-0.05, 0) is 113 Å². The predicted octanol–water partition coefficient (Wildman–Crippen LogP) is 14.4. The molecular weight excluding hydrogens is 629 g/mol. The quantitative estimate of drug-likeness (QED) is 0.168. The van der Waals surface area contributed by atoms with E-state index in [-0.39, 0.29) is 22.3 Å². The van der Waals surface area contributed by atoms with Crippen LogP contribution >= 0.6 is 0 Å². The van der Waals surface area contributed by atoms with Crippen molar-refractivity contribution in [3.63, 3.8) is 0 Å². The van der Waals surface area contributed by atoms with E-state index < -0.39 is 256 Å². The van der Waals surface area contributed by atoms with Crippen molar-refractivity contribution in [1.82, 2.24) is 0 Å². The van der Waals surface area contributed by atoms with Gasteiger partial charge in [-0.15, -0.1) is 0 Å². The molecule has 9 aromatic carbocycles. The molecule has 0 bridgehead atoms. The molecule has 1 heterocycles. The summed E-state index contributed by atoms with van der Waals surface area (Å²) in [6.07, 6.45) is 0. The zero-order chi connectivity index (χ0) is 58.0. The first-order chi connectivity index (χ1) is 36.8. The monoisotopic (exact) mass is 689 g/mol. The van der Waals surface area contributed by atoms with Crippen LogP contribution < -0.4 is 0 Å². The first-order valence-corrected chi connectivity index (χ1v) is 16.0. The first-order valence-electron chi connectivity index (χ1n) is 29.5. The molecule has 244 valence electrons. The number of hydrogen-bond acceptors (Lipinski definition) is 1. The SMILES string of the molecule is [2H]c1cc(-c2c([2H])c([2H])c3c(c2[2H])C(C)(C)c2c([2H])c([2H])c([2H])c([2H])c2-3)c([2H])c(-c2c3c([2H])c([2H])c([2H])c([2H])c3c(-c3c([2H])c([2H])c4oc5c6c([2H])c([2H])c([2H])c([2H])c6c([2H])c([2H])c5c4c3[2H])c3c([2H])c([2H])c([2H])c([2H])c23)c1[2H]. The molecule has 1 aliphatic rings. The highest BCUT2D eigenvalue weighted by molar-refractivity contribution is 6.23. The molecule has 0 spiro atoms. The summed E-state index contributed by atoms with van der Waals surface area (Å²) in [5, 5.41) is -4.54. The minimum atomic E-state index is -1.46. The van der Waals surface area contributed by atoms with E-state index in [4.69, 9.17) is 23.6 Å². The summed E-state index contributed by atoms with van der Waals surface area (Å²) >= 11 is 0. The summed E-state index contributed by atoms with van der Waals surface area (Å²) in [4.78, 5) is 0. The van der Waals surface area contributed by atoms with Crippen LogP contribution in [0, 0.1) is 0 Å². The fourth-order valence-electron chi connectivity index (χ4n) is 7.09. The standard InChI is InChI=1S/C51H34O/c1-51(2)45-21-10-9-16-37(45)38-25-23-33(30-46(38)51)32-13-11-14-34(28-32)48-39-17-5-7-19-41(39)49(42-20-8-6-18-40(42)48)35-24-27-47-44(29-35)43-26-22-31-12-3-4-15-36(31)50(43)52-47/h3-30H,1-2H3/i3D,4D,5D,6D,7D,8D,9D,10D,11D,12D,14D,15D,16D,17D,18D,19D,20D,21D,22D,23D,24D,25D,26D,27D,28D,29D,30D. The van der Waals surface area contributed by atoms with Crippen molar-refractivity contribution < 1.29 is 41.4 Å². The molecule has 1 aromatic heterocycles.